The summed E-state index contributed by atoms with van der Waals surface area (Å²) in [6.07, 6.45) is -23.7. The highest BCUT2D eigenvalue weighted by Gasteiger charge is 2.81. The van der Waals surface area contributed by atoms with Crippen molar-refractivity contribution in [2.45, 2.75) is 56.7 Å². The lowest BCUT2D eigenvalue weighted by atomic mass is 9.90. The zero-order valence-electron chi connectivity index (χ0n) is 12.0. The van der Waals surface area contributed by atoms with Gasteiger partial charge < -0.3 is 9.84 Å². The van der Waals surface area contributed by atoms with Gasteiger partial charge in [-0.1, -0.05) is 13.8 Å². The van der Waals surface area contributed by atoms with Gasteiger partial charge in [0.05, 0.1) is 5.92 Å². The van der Waals surface area contributed by atoms with Crippen molar-refractivity contribution in [3.8, 4) is 0 Å². The van der Waals surface area contributed by atoms with E-state index >= 15 is 0 Å². The lowest BCUT2D eigenvalue weighted by Crippen LogP contribution is -2.70. The molecule has 0 spiro atoms. The zero-order valence-corrected chi connectivity index (χ0v) is 12.0. The molecule has 0 aromatic heterocycles. The van der Waals surface area contributed by atoms with Crippen LogP contribution in [0.2, 0.25) is 0 Å². The Morgan fingerprint density at radius 3 is 1.71 bits per heavy atom. The Morgan fingerprint density at radius 1 is 1.04 bits per heavy atom. The molecule has 0 aromatic carbocycles. The Kier molecular flexibility index (Phi) is 6.56. The first kappa shape index (κ1) is 22.7. The highest BCUT2D eigenvalue weighted by molar-refractivity contribution is 5.72. The van der Waals surface area contributed by atoms with Crippen molar-refractivity contribution < 1.29 is 58.5 Å². The van der Waals surface area contributed by atoms with Crippen molar-refractivity contribution >= 4 is 5.97 Å². The van der Waals surface area contributed by atoms with Gasteiger partial charge in [0.15, 0.2) is 0 Å². The Labute approximate surface area is 128 Å². The van der Waals surface area contributed by atoms with E-state index in [1.807, 2.05) is 0 Å². The van der Waals surface area contributed by atoms with Crippen molar-refractivity contribution in [2.75, 3.05) is 0 Å². The number of aliphatic hydroxyl groups is 1. The summed E-state index contributed by atoms with van der Waals surface area (Å²) in [4.78, 5) is 11.2. The molecule has 0 saturated heterocycles. The minimum atomic E-state index is -6.85. The minimum Gasteiger partial charge on any atom is -0.446 e. The highest BCUT2D eigenvalue weighted by atomic mass is 19.4. The first-order valence-electron chi connectivity index (χ1n) is 6.16. The van der Waals surface area contributed by atoms with Crippen LogP contribution < -0.4 is 0 Å². The molecular weight excluding hydrogens is 370 g/mol. The molecule has 0 bridgehead atoms. The monoisotopic (exact) mass is 382 g/mol. The van der Waals surface area contributed by atoms with Crippen molar-refractivity contribution in [1.29, 1.82) is 0 Å². The SMILES string of the molecule is CCC(C)C(=O)OC(C(F)(F)F)C(F)(F)C(O)(C(F)F)C(F)(F)F. The van der Waals surface area contributed by atoms with E-state index in [2.05, 4.69) is 4.74 Å². The van der Waals surface area contributed by atoms with Crippen LogP contribution in [-0.2, 0) is 9.53 Å². The molecule has 0 aliphatic rings. The van der Waals surface area contributed by atoms with Gasteiger partial charge in [-0.25, -0.2) is 8.78 Å². The fourth-order valence-corrected chi connectivity index (χ4v) is 1.40. The average molecular weight is 382 g/mol. The van der Waals surface area contributed by atoms with Gasteiger partial charge in [-0.3, -0.25) is 4.79 Å². The van der Waals surface area contributed by atoms with E-state index in [1.54, 1.807) is 0 Å². The molecule has 13 heteroatoms. The van der Waals surface area contributed by atoms with Crippen molar-refractivity contribution in [3.63, 3.8) is 0 Å². The largest absolute Gasteiger partial charge is 0.446 e. The molecule has 0 saturated carbocycles. The maximum Gasteiger partial charge on any atom is 0.431 e. The summed E-state index contributed by atoms with van der Waals surface area (Å²) in [6.45, 7) is 2.13. The number of carbonyl (C=O) groups excluding carboxylic acids is 1. The lowest BCUT2D eigenvalue weighted by molar-refractivity contribution is -0.401. The van der Waals surface area contributed by atoms with E-state index in [1.165, 1.54) is 6.92 Å². The van der Waals surface area contributed by atoms with E-state index in [-0.39, 0.29) is 6.42 Å². The molecule has 3 nitrogen and oxygen atoms in total. The molecule has 0 aliphatic heterocycles. The van der Waals surface area contributed by atoms with Gasteiger partial charge in [0.25, 0.3) is 18.1 Å². The van der Waals surface area contributed by atoms with Gasteiger partial charge in [-0.05, 0) is 6.42 Å². The first-order chi connectivity index (χ1) is 10.4. The van der Waals surface area contributed by atoms with Crippen LogP contribution in [0.5, 0.6) is 0 Å². The second-order valence-corrected chi connectivity index (χ2v) is 4.86. The molecule has 144 valence electrons. The normalized spacial score (nSPS) is 18.9. The van der Waals surface area contributed by atoms with E-state index in [0.29, 0.717) is 0 Å². The maximum absolute atomic E-state index is 13.7. The van der Waals surface area contributed by atoms with Crippen molar-refractivity contribution in [2.24, 2.45) is 5.92 Å². The minimum absolute atomic E-state index is 0.229. The van der Waals surface area contributed by atoms with Crippen LogP contribution in [0, 0.1) is 5.92 Å². The molecule has 0 heterocycles. The maximum atomic E-state index is 13.7. The number of ether oxygens (including phenoxy) is 1. The molecule has 0 amide bonds. The lowest BCUT2D eigenvalue weighted by Gasteiger charge is -2.40. The molecule has 3 unspecified atom stereocenters. The summed E-state index contributed by atoms with van der Waals surface area (Å²) >= 11 is 0. The number of hydrogen-bond acceptors (Lipinski definition) is 3. The Bertz CT molecular complexity index is 444. The number of esters is 1. The molecule has 0 aromatic rings. The quantitative estimate of drug-likeness (QED) is 0.563. The third-order valence-electron chi connectivity index (χ3n) is 3.13. The van der Waals surface area contributed by atoms with Gasteiger partial charge in [-0.2, -0.15) is 35.1 Å². The number of carbonyl (C=O) groups is 1. The third-order valence-corrected chi connectivity index (χ3v) is 3.13. The fraction of sp³-hybridized carbons (Fsp3) is 0.909. The van der Waals surface area contributed by atoms with E-state index in [9.17, 15) is 48.7 Å². The number of rotatable bonds is 6. The summed E-state index contributed by atoms with van der Waals surface area (Å²) in [5.41, 5.74) is -6.38. The summed E-state index contributed by atoms with van der Waals surface area (Å²) in [6, 6.07) is 0. The van der Waals surface area contributed by atoms with Gasteiger partial charge in [0.2, 0.25) is 0 Å². The third kappa shape index (κ3) is 4.03. The molecule has 0 rings (SSSR count). The predicted molar refractivity (Wildman–Crippen MR) is 57.3 cm³/mol. The second kappa shape index (κ2) is 6.92. The van der Waals surface area contributed by atoms with Gasteiger partial charge >= 0.3 is 24.2 Å². The van der Waals surface area contributed by atoms with Crippen LogP contribution in [0.25, 0.3) is 0 Å². The highest BCUT2D eigenvalue weighted by Crippen LogP contribution is 2.51. The summed E-state index contributed by atoms with van der Waals surface area (Å²) in [5.74, 6) is -10.0. The number of halogens is 10. The Morgan fingerprint density at radius 2 is 1.46 bits per heavy atom. The van der Waals surface area contributed by atoms with Gasteiger partial charge in [0, 0.05) is 0 Å². The van der Waals surface area contributed by atoms with Crippen LogP contribution in [0.15, 0.2) is 0 Å². The number of alkyl halides is 10. The standard InChI is InChI=1S/C11H12F10O3/c1-3-4(2)5(22)24-6(10(16,17)18)9(14,15)8(23,7(12)13)11(19,20)21/h4,6-7,23H,3H2,1-2H3. The van der Waals surface area contributed by atoms with Gasteiger partial charge in [0.1, 0.15) is 0 Å². The smallest absolute Gasteiger partial charge is 0.431 e. The van der Waals surface area contributed by atoms with Gasteiger partial charge in [-0.15, -0.1) is 0 Å². The molecule has 0 radical (unpaired) electrons. The summed E-state index contributed by atoms with van der Waals surface area (Å²) in [5, 5.41) is 8.68. The molecule has 3 atom stereocenters. The first-order valence-corrected chi connectivity index (χ1v) is 6.16. The molecule has 0 fully saturated rings. The van der Waals surface area contributed by atoms with Crippen LogP contribution in [-0.4, -0.2) is 47.5 Å². The van der Waals surface area contributed by atoms with Crippen LogP contribution in [0.3, 0.4) is 0 Å². The van der Waals surface area contributed by atoms with Crippen molar-refractivity contribution in [1.82, 2.24) is 0 Å². The molecule has 24 heavy (non-hydrogen) atoms. The fourth-order valence-electron chi connectivity index (χ4n) is 1.40. The molecule has 1 N–H and O–H groups in total. The molecule has 0 aliphatic carbocycles. The van der Waals surface area contributed by atoms with E-state index < -0.39 is 48.3 Å². The topological polar surface area (TPSA) is 46.5 Å². The number of hydrogen-bond donors (Lipinski definition) is 1. The molecular formula is C11H12F10O3. The summed E-state index contributed by atoms with van der Waals surface area (Å²) in [7, 11) is 0. The summed E-state index contributed by atoms with van der Waals surface area (Å²) < 4.78 is 131. The average Bonchev–Trinajstić information content (AvgIpc) is 2.39. The Hall–Kier alpha value is -1.27. The van der Waals surface area contributed by atoms with Crippen LogP contribution in [0.1, 0.15) is 20.3 Å². The predicted octanol–water partition coefficient (Wildman–Crippen LogP) is 3.70. The van der Waals surface area contributed by atoms with Crippen molar-refractivity contribution in [3.05, 3.63) is 0 Å². The van der Waals surface area contributed by atoms with E-state index in [0.717, 1.165) is 6.92 Å². The zero-order chi connectivity index (χ0) is 19.7. The Balaban J connectivity index is 6.13. The van der Waals surface area contributed by atoms with Crippen LogP contribution in [0.4, 0.5) is 43.9 Å². The second-order valence-electron chi connectivity index (χ2n) is 4.86. The van der Waals surface area contributed by atoms with E-state index in [4.69, 9.17) is 5.11 Å². The van der Waals surface area contributed by atoms with Crippen LogP contribution >= 0.6 is 0 Å².